The normalized spacial score (nSPS) is 11.8. The Labute approximate surface area is 174 Å². The van der Waals surface area contributed by atoms with Crippen molar-refractivity contribution in [3.63, 3.8) is 0 Å². The van der Waals surface area contributed by atoms with Crippen molar-refractivity contribution in [1.82, 2.24) is 10.6 Å². The number of carboxylic acids is 2. The minimum absolute atomic E-state index is 0.0637. The van der Waals surface area contributed by atoms with Crippen LogP contribution in [-0.2, 0) is 0 Å². The van der Waals surface area contributed by atoms with Crippen LogP contribution in [0.25, 0.3) is 10.8 Å². The van der Waals surface area contributed by atoms with Gasteiger partial charge in [0.2, 0.25) is 0 Å². The maximum Gasteiger partial charge on any atom is 0.337 e. The minimum Gasteiger partial charge on any atom is -0.478 e. The summed E-state index contributed by atoms with van der Waals surface area (Å²) in [6, 6.07) is 6.05. The van der Waals surface area contributed by atoms with Crippen LogP contribution in [0.3, 0.4) is 0 Å². The molecule has 0 fully saturated rings. The molecule has 0 atom stereocenters. The molecule has 2 amide bonds. The van der Waals surface area contributed by atoms with Gasteiger partial charge in [0.1, 0.15) is 0 Å². The first-order valence-corrected chi connectivity index (χ1v) is 9.34. The molecule has 0 aromatic heterocycles. The van der Waals surface area contributed by atoms with Crippen LogP contribution in [0.4, 0.5) is 0 Å². The highest BCUT2D eigenvalue weighted by atomic mass is 16.4. The number of amides is 2. The molecule has 30 heavy (non-hydrogen) atoms. The van der Waals surface area contributed by atoms with Crippen LogP contribution in [0.2, 0.25) is 0 Å². The molecule has 0 aliphatic heterocycles. The van der Waals surface area contributed by atoms with E-state index >= 15 is 0 Å². The van der Waals surface area contributed by atoms with Crippen molar-refractivity contribution in [3.8, 4) is 0 Å². The summed E-state index contributed by atoms with van der Waals surface area (Å²) in [7, 11) is 0. The van der Waals surface area contributed by atoms with E-state index in [0.717, 1.165) is 0 Å². The number of carbonyl (C=O) groups is 4. The number of nitrogens with one attached hydrogen (secondary N) is 2. The lowest BCUT2D eigenvalue weighted by atomic mass is 9.87. The van der Waals surface area contributed by atoms with E-state index in [1.165, 1.54) is 12.1 Å². The smallest absolute Gasteiger partial charge is 0.337 e. The Bertz CT molecular complexity index is 1060. The zero-order valence-electron chi connectivity index (χ0n) is 17.8. The van der Waals surface area contributed by atoms with E-state index in [1.54, 1.807) is 53.7 Å². The van der Waals surface area contributed by atoms with Crippen molar-refractivity contribution in [3.05, 3.63) is 46.5 Å². The second-order valence-corrected chi connectivity index (χ2v) is 9.06. The number of rotatable bonds is 4. The zero-order valence-corrected chi connectivity index (χ0v) is 17.8. The molecule has 8 heteroatoms. The Morgan fingerprint density at radius 3 is 1.37 bits per heavy atom. The van der Waals surface area contributed by atoms with Crippen molar-refractivity contribution in [2.45, 2.75) is 52.6 Å². The van der Waals surface area contributed by atoms with Gasteiger partial charge in [0, 0.05) is 11.1 Å². The molecule has 0 unspecified atom stereocenters. The highest BCUT2D eigenvalue weighted by Crippen LogP contribution is 2.32. The summed E-state index contributed by atoms with van der Waals surface area (Å²) in [5, 5.41) is 25.3. The minimum atomic E-state index is -1.61. The van der Waals surface area contributed by atoms with E-state index in [4.69, 9.17) is 0 Å². The largest absolute Gasteiger partial charge is 0.478 e. The van der Waals surface area contributed by atoms with Gasteiger partial charge in [0.15, 0.2) is 0 Å². The van der Waals surface area contributed by atoms with E-state index in [-0.39, 0.29) is 16.3 Å². The number of hydrogen-bond acceptors (Lipinski definition) is 4. The molecule has 0 aliphatic carbocycles. The Hall–Kier alpha value is -3.42. The molecule has 0 spiro atoms. The summed E-state index contributed by atoms with van der Waals surface area (Å²) in [5.74, 6) is -4.62. The van der Waals surface area contributed by atoms with Crippen molar-refractivity contribution >= 4 is 34.5 Å². The van der Waals surface area contributed by atoms with Crippen LogP contribution >= 0.6 is 0 Å². The van der Waals surface area contributed by atoms with Gasteiger partial charge in [-0.1, -0.05) is 24.3 Å². The molecule has 0 bridgehead atoms. The SMILES string of the molecule is CC(C)(C)NC(=O)c1c(C(=O)O)c(C(=O)O)c2ccccc2c1C(=O)NC(C)(C)C. The predicted molar refractivity (Wildman–Crippen MR) is 112 cm³/mol. The maximum atomic E-state index is 13.2. The summed E-state index contributed by atoms with van der Waals surface area (Å²) >= 11 is 0. The Kier molecular flexibility index (Phi) is 5.93. The lowest BCUT2D eigenvalue weighted by molar-refractivity contribution is 0.0649. The van der Waals surface area contributed by atoms with Gasteiger partial charge in [-0.25, -0.2) is 9.59 Å². The van der Waals surface area contributed by atoms with Crippen LogP contribution in [0.5, 0.6) is 0 Å². The summed E-state index contributed by atoms with van der Waals surface area (Å²) in [5.41, 5.74) is -3.34. The highest BCUT2D eigenvalue weighted by Gasteiger charge is 2.35. The van der Waals surface area contributed by atoms with Crippen LogP contribution in [0, 0.1) is 0 Å². The molecule has 2 aromatic rings. The molecule has 8 nitrogen and oxygen atoms in total. The molecular formula is C22H26N2O6. The first kappa shape index (κ1) is 22.9. The van der Waals surface area contributed by atoms with Gasteiger partial charge in [0.05, 0.1) is 22.3 Å². The van der Waals surface area contributed by atoms with Crippen molar-refractivity contribution < 1.29 is 29.4 Å². The molecule has 0 saturated carbocycles. The number of fused-ring (bicyclic) bond motifs is 1. The third-order valence-corrected chi connectivity index (χ3v) is 4.07. The van der Waals surface area contributed by atoms with Crippen molar-refractivity contribution in [1.29, 1.82) is 0 Å². The third kappa shape index (κ3) is 4.76. The monoisotopic (exact) mass is 414 g/mol. The fourth-order valence-electron chi connectivity index (χ4n) is 3.14. The molecule has 0 aliphatic rings. The van der Waals surface area contributed by atoms with E-state index < -0.39 is 51.5 Å². The second-order valence-electron chi connectivity index (χ2n) is 9.06. The van der Waals surface area contributed by atoms with E-state index in [1.807, 2.05) is 0 Å². The molecule has 4 N–H and O–H groups in total. The van der Waals surface area contributed by atoms with Gasteiger partial charge < -0.3 is 20.8 Å². The number of carbonyl (C=O) groups excluding carboxylic acids is 2. The maximum absolute atomic E-state index is 13.2. The van der Waals surface area contributed by atoms with Crippen LogP contribution in [0.1, 0.15) is 83.0 Å². The van der Waals surface area contributed by atoms with Crippen molar-refractivity contribution in [2.75, 3.05) is 0 Å². The number of carboxylic acid groups (broad SMARTS) is 2. The summed E-state index contributed by atoms with van der Waals surface area (Å²) in [4.78, 5) is 50.5. The Morgan fingerprint density at radius 2 is 1.00 bits per heavy atom. The Balaban J connectivity index is 3.07. The molecule has 0 heterocycles. The standard InChI is InChI=1S/C22H26N2O6/c1-21(2,3)23-17(25)13-11-9-7-8-10-12(11)14(19(27)28)16(20(29)30)15(13)18(26)24-22(4,5)6/h7-10H,1-6H3,(H,23,25)(H,24,26)(H,27,28)(H,29,30). The number of benzene rings is 2. The van der Waals surface area contributed by atoms with Crippen LogP contribution in [-0.4, -0.2) is 45.0 Å². The molecule has 2 aromatic carbocycles. The highest BCUT2D eigenvalue weighted by molar-refractivity contribution is 6.25. The van der Waals surface area contributed by atoms with Gasteiger partial charge in [-0.2, -0.15) is 0 Å². The Morgan fingerprint density at radius 1 is 0.633 bits per heavy atom. The van der Waals surface area contributed by atoms with Crippen molar-refractivity contribution in [2.24, 2.45) is 0 Å². The van der Waals surface area contributed by atoms with Gasteiger partial charge in [0.25, 0.3) is 11.8 Å². The zero-order chi connectivity index (χ0) is 23.0. The van der Waals surface area contributed by atoms with E-state index in [9.17, 15) is 29.4 Å². The molecule has 0 saturated heterocycles. The fourth-order valence-corrected chi connectivity index (χ4v) is 3.14. The van der Waals surface area contributed by atoms with Crippen LogP contribution < -0.4 is 10.6 Å². The third-order valence-electron chi connectivity index (χ3n) is 4.07. The summed E-state index contributed by atoms with van der Waals surface area (Å²) in [6.07, 6.45) is 0. The lowest BCUT2D eigenvalue weighted by Crippen LogP contribution is -2.44. The summed E-state index contributed by atoms with van der Waals surface area (Å²) in [6.45, 7) is 10.3. The van der Waals surface area contributed by atoms with Gasteiger partial charge >= 0.3 is 11.9 Å². The quantitative estimate of drug-likeness (QED) is 0.607. The van der Waals surface area contributed by atoms with Crippen LogP contribution in [0.15, 0.2) is 24.3 Å². The predicted octanol–water partition coefficient (Wildman–Crippen LogP) is 3.29. The topological polar surface area (TPSA) is 133 Å². The first-order chi connectivity index (χ1) is 13.6. The molecule has 0 radical (unpaired) electrons. The molecule has 160 valence electrons. The molecule has 2 rings (SSSR count). The molecular weight excluding hydrogens is 388 g/mol. The summed E-state index contributed by atoms with van der Waals surface area (Å²) < 4.78 is 0. The average molecular weight is 414 g/mol. The van der Waals surface area contributed by atoms with E-state index in [0.29, 0.717) is 0 Å². The second kappa shape index (κ2) is 7.78. The number of hydrogen-bond donors (Lipinski definition) is 4. The lowest BCUT2D eigenvalue weighted by Gasteiger charge is -2.26. The van der Waals surface area contributed by atoms with Gasteiger partial charge in [-0.05, 0) is 52.3 Å². The number of aromatic carboxylic acids is 2. The van der Waals surface area contributed by atoms with E-state index in [2.05, 4.69) is 10.6 Å². The first-order valence-electron chi connectivity index (χ1n) is 9.34. The fraction of sp³-hybridized carbons (Fsp3) is 0.364. The average Bonchev–Trinajstić information content (AvgIpc) is 2.55. The van der Waals surface area contributed by atoms with Gasteiger partial charge in [-0.3, -0.25) is 9.59 Å². The van der Waals surface area contributed by atoms with Gasteiger partial charge in [-0.15, -0.1) is 0 Å².